The van der Waals surface area contributed by atoms with E-state index in [-0.39, 0.29) is 36.1 Å². The summed E-state index contributed by atoms with van der Waals surface area (Å²) in [6, 6.07) is 7.25. The lowest BCUT2D eigenvalue weighted by Crippen LogP contribution is -2.57. The third-order valence-electron chi connectivity index (χ3n) is 7.16. The molecule has 1 fully saturated rings. The highest BCUT2D eigenvalue weighted by atomic mass is 35.5. The van der Waals surface area contributed by atoms with Crippen LogP contribution in [0.4, 0.5) is 0 Å². The average Bonchev–Trinajstić information content (AvgIpc) is 3.56. The monoisotopic (exact) mass is 619 g/mol. The normalized spacial score (nSPS) is 20.0. The van der Waals surface area contributed by atoms with Crippen molar-refractivity contribution in [2.75, 3.05) is 39.8 Å². The number of benzene rings is 1. The van der Waals surface area contributed by atoms with E-state index in [2.05, 4.69) is 21.4 Å². The molecule has 3 aromatic rings. The van der Waals surface area contributed by atoms with E-state index in [1.807, 2.05) is 11.9 Å². The standard InChI is InChI=1S/C25H26ClN7O6S2/c1-31-5-4-18-23(19(31)11-27)40-24(30-18)25(37)33-7-6-32(13-16(33)10-20(34)28-12-22(35)36)41(38,39)21-9-14-8-15(26)2-3-17(14)29-21/h2-3,8-9,16,19,29H,4-7,10,12-13H2,1H3,(H,28,34)(H,35,36). The Morgan fingerprint density at radius 3 is 2.78 bits per heavy atom. The fourth-order valence-corrected chi connectivity index (χ4v) is 7.88. The second-order valence-electron chi connectivity index (χ2n) is 9.85. The number of sulfonamides is 1. The molecule has 2 unspecified atom stereocenters. The van der Waals surface area contributed by atoms with Gasteiger partial charge in [0, 0.05) is 54.9 Å². The molecule has 13 nitrogen and oxygen atoms in total. The lowest BCUT2D eigenvalue weighted by atomic mass is 10.1. The van der Waals surface area contributed by atoms with Gasteiger partial charge >= 0.3 is 5.97 Å². The van der Waals surface area contributed by atoms with Crippen LogP contribution < -0.4 is 5.32 Å². The predicted molar refractivity (Wildman–Crippen MR) is 149 cm³/mol. The Labute approximate surface area is 244 Å². The third-order valence-corrected chi connectivity index (χ3v) is 10.3. The van der Waals surface area contributed by atoms with Gasteiger partial charge < -0.3 is 20.3 Å². The molecule has 3 N–H and O–H groups in total. The van der Waals surface area contributed by atoms with Gasteiger partial charge in [0.2, 0.25) is 5.91 Å². The maximum Gasteiger partial charge on any atom is 0.322 e. The molecular formula is C25H26ClN7O6S2. The Morgan fingerprint density at radius 2 is 2.05 bits per heavy atom. The summed E-state index contributed by atoms with van der Waals surface area (Å²) in [7, 11) is -2.22. The number of aromatic nitrogens is 2. The quantitative estimate of drug-likeness (QED) is 0.353. The zero-order valence-electron chi connectivity index (χ0n) is 21.8. The average molecular weight is 620 g/mol. The number of hydrogen-bond donors (Lipinski definition) is 3. The minimum absolute atomic E-state index is 0.0210. The van der Waals surface area contributed by atoms with Crippen LogP contribution in [0.3, 0.4) is 0 Å². The molecule has 2 aliphatic rings. The first-order chi connectivity index (χ1) is 19.5. The number of carboxylic acids is 1. The fourth-order valence-electron chi connectivity index (χ4n) is 5.04. The van der Waals surface area contributed by atoms with Crippen LogP contribution in [0.5, 0.6) is 0 Å². The molecule has 1 saturated heterocycles. The summed E-state index contributed by atoms with van der Waals surface area (Å²) >= 11 is 7.17. The SMILES string of the molecule is CN1CCc2nc(C(=O)N3CCN(S(=O)(=O)c4cc5cc(Cl)ccc5[nH]4)CC3CC(=O)NCC(=O)O)sc2C1C#N. The van der Waals surface area contributed by atoms with Crippen molar-refractivity contribution in [2.45, 2.75) is 30.0 Å². The summed E-state index contributed by atoms with van der Waals surface area (Å²) in [6.07, 6.45) is 0.262. The van der Waals surface area contributed by atoms with Crippen LogP contribution >= 0.6 is 22.9 Å². The first-order valence-electron chi connectivity index (χ1n) is 12.6. The smallest absolute Gasteiger partial charge is 0.322 e. The molecule has 0 bridgehead atoms. The number of amides is 2. The lowest BCUT2D eigenvalue weighted by molar-refractivity contribution is -0.138. The van der Waals surface area contributed by atoms with Crippen molar-refractivity contribution in [2.24, 2.45) is 0 Å². The molecule has 1 aromatic carbocycles. The van der Waals surface area contributed by atoms with Crippen molar-refractivity contribution >= 4 is 61.6 Å². The van der Waals surface area contributed by atoms with Crippen molar-refractivity contribution in [1.29, 1.82) is 5.26 Å². The third kappa shape index (κ3) is 5.79. The molecule has 0 radical (unpaired) electrons. The molecule has 0 saturated carbocycles. The number of thiazole rings is 1. The number of carbonyl (C=O) groups excluding carboxylic acids is 2. The van der Waals surface area contributed by atoms with E-state index in [1.54, 1.807) is 18.2 Å². The van der Waals surface area contributed by atoms with Gasteiger partial charge in [0.05, 0.1) is 22.7 Å². The van der Waals surface area contributed by atoms with Crippen LogP contribution in [0.2, 0.25) is 5.02 Å². The molecule has 2 aromatic heterocycles. The van der Waals surface area contributed by atoms with Crippen LogP contribution in [0.25, 0.3) is 10.9 Å². The molecule has 216 valence electrons. The highest BCUT2D eigenvalue weighted by Crippen LogP contribution is 2.34. The number of rotatable bonds is 7. The van der Waals surface area contributed by atoms with Gasteiger partial charge in [0.1, 0.15) is 17.6 Å². The Balaban J connectivity index is 1.42. The number of nitriles is 1. The van der Waals surface area contributed by atoms with Crippen LogP contribution in [0, 0.1) is 11.3 Å². The minimum Gasteiger partial charge on any atom is -0.480 e. The number of piperazine rings is 1. The highest BCUT2D eigenvalue weighted by Gasteiger charge is 2.40. The number of aliphatic carboxylic acids is 1. The van der Waals surface area contributed by atoms with Crippen molar-refractivity contribution < 1.29 is 27.9 Å². The number of aromatic amines is 1. The Kier molecular flexibility index (Phi) is 8.04. The van der Waals surface area contributed by atoms with Crippen LogP contribution in [-0.2, 0) is 26.0 Å². The van der Waals surface area contributed by atoms with Crippen LogP contribution in [0.1, 0.15) is 32.8 Å². The first-order valence-corrected chi connectivity index (χ1v) is 15.3. The van der Waals surface area contributed by atoms with E-state index >= 15 is 0 Å². The molecule has 2 amide bonds. The van der Waals surface area contributed by atoms with Gasteiger partial charge in [0.25, 0.3) is 15.9 Å². The molecule has 16 heteroatoms. The highest BCUT2D eigenvalue weighted by molar-refractivity contribution is 7.89. The van der Waals surface area contributed by atoms with E-state index in [0.717, 1.165) is 11.3 Å². The second-order valence-corrected chi connectivity index (χ2v) is 13.2. The van der Waals surface area contributed by atoms with Gasteiger partial charge in [-0.2, -0.15) is 9.57 Å². The second kappa shape index (κ2) is 11.4. The Bertz CT molecular complexity index is 1680. The van der Waals surface area contributed by atoms with Gasteiger partial charge in [-0.15, -0.1) is 11.3 Å². The van der Waals surface area contributed by atoms with Crippen molar-refractivity contribution in [3.05, 3.63) is 44.9 Å². The number of carbonyl (C=O) groups is 3. The van der Waals surface area contributed by atoms with Crippen molar-refractivity contribution in [3.63, 3.8) is 0 Å². The van der Waals surface area contributed by atoms with Gasteiger partial charge in [-0.25, -0.2) is 13.4 Å². The van der Waals surface area contributed by atoms with Crippen LogP contribution in [0.15, 0.2) is 29.3 Å². The van der Waals surface area contributed by atoms with Gasteiger partial charge in [0.15, 0.2) is 5.01 Å². The maximum absolute atomic E-state index is 13.7. The zero-order chi connectivity index (χ0) is 29.5. The summed E-state index contributed by atoms with van der Waals surface area (Å²) in [5.74, 6) is -2.35. The zero-order valence-corrected chi connectivity index (χ0v) is 24.2. The van der Waals surface area contributed by atoms with E-state index in [1.165, 1.54) is 15.3 Å². The molecule has 41 heavy (non-hydrogen) atoms. The number of carboxylic acid groups (broad SMARTS) is 1. The van der Waals surface area contributed by atoms with Gasteiger partial charge in [-0.3, -0.25) is 19.3 Å². The molecule has 2 aliphatic heterocycles. The molecule has 4 heterocycles. The molecule has 0 spiro atoms. The lowest BCUT2D eigenvalue weighted by Gasteiger charge is -2.40. The maximum atomic E-state index is 13.7. The summed E-state index contributed by atoms with van der Waals surface area (Å²) in [5.41, 5.74) is 1.26. The van der Waals surface area contributed by atoms with Crippen molar-refractivity contribution in [3.8, 4) is 6.07 Å². The summed E-state index contributed by atoms with van der Waals surface area (Å²) < 4.78 is 28.4. The molecule has 0 aliphatic carbocycles. The fraction of sp³-hybridized carbons (Fsp3) is 0.400. The first kappa shape index (κ1) is 29.0. The Morgan fingerprint density at radius 1 is 1.27 bits per heavy atom. The number of halogens is 1. The van der Waals surface area contributed by atoms with E-state index < -0.39 is 46.4 Å². The number of nitrogens with one attached hydrogen (secondary N) is 2. The minimum atomic E-state index is -4.05. The predicted octanol–water partition coefficient (Wildman–Crippen LogP) is 1.44. The Hall–Kier alpha value is -3.55. The van der Waals surface area contributed by atoms with E-state index in [9.17, 15) is 28.1 Å². The summed E-state index contributed by atoms with van der Waals surface area (Å²) in [5, 5.41) is 22.0. The number of nitrogens with zero attached hydrogens (tertiary/aromatic N) is 5. The van der Waals surface area contributed by atoms with E-state index in [0.29, 0.717) is 39.5 Å². The van der Waals surface area contributed by atoms with E-state index in [4.69, 9.17) is 16.7 Å². The number of hydrogen-bond acceptors (Lipinski definition) is 9. The number of fused-ring (bicyclic) bond motifs is 2. The van der Waals surface area contributed by atoms with Crippen molar-refractivity contribution in [1.82, 2.24) is 29.4 Å². The largest absolute Gasteiger partial charge is 0.480 e. The van der Waals surface area contributed by atoms with Gasteiger partial charge in [-0.1, -0.05) is 11.6 Å². The van der Waals surface area contributed by atoms with Gasteiger partial charge in [-0.05, 0) is 31.3 Å². The molecular weight excluding hydrogens is 594 g/mol. The molecule has 5 rings (SSSR count). The number of likely N-dealkylation sites (N-methyl/N-ethyl adjacent to an activating group) is 1. The topological polar surface area (TPSA) is 180 Å². The molecule has 2 atom stereocenters. The summed E-state index contributed by atoms with van der Waals surface area (Å²) in [6.45, 7) is -0.245. The summed E-state index contributed by atoms with van der Waals surface area (Å²) in [4.78, 5) is 48.6. The number of H-pyrrole nitrogens is 1. The van der Waals surface area contributed by atoms with Crippen LogP contribution in [-0.4, -0.2) is 101 Å².